The van der Waals surface area contributed by atoms with Gasteiger partial charge >= 0.3 is 0 Å². The average molecular weight is 210 g/mol. The number of rotatable bonds is 5. The minimum atomic E-state index is -0.112. The molecule has 5 nitrogen and oxygen atoms in total. The van der Waals surface area contributed by atoms with Crippen LogP contribution in [-0.2, 0) is 0 Å². The molecule has 0 atom stereocenters. The normalized spacial score (nSPS) is 9.73. The third kappa shape index (κ3) is 2.59. The molecule has 0 fully saturated rings. The van der Waals surface area contributed by atoms with Gasteiger partial charge in [-0.25, -0.2) is 5.53 Å². The van der Waals surface area contributed by atoms with Crippen LogP contribution in [0.3, 0.4) is 0 Å². The van der Waals surface area contributed by atoms with Gasteiger partial charge in [0.15, 0.2) is 17.2 Å². The first-order valence-corrected chi connectivity index (χ1v) is 4.73. The summed E-state index contributed by atoms with van der Waals surface area (Å²) in [7, 11) is 0. The van der Waals surface area contributed by atoms with Crippen molar-refractivity contribution >= 4 is 5.69 Å². The summed E-state index contributed by atoms with van der Waals surface area (Å²) in [6.45, 7) is 4.61. The first-order chi connectivity index (χ1) is 7.22. The second-order valence-corrected chi connectivity index (χ2v) is 2.77. The van der Waals surface area contributed by atoms with Crippen molar-refractivity contribution in [1.29, 1.82) is 5.53 Å². The molecule has 0 amide bonds. The van der Waals surface area contributed by atoms with Crippen LogP contribution in [0, 0.1) is 5.53 Å². The van der Waals surface area contributed by atoms with Crippen LogP contribution in [0.5, 0.6) is 17.2 Å². The highest BCUT2D eigenvalue weighted by Crippen LogP contribution is 2.40. The SMILES string of the molecule is CCOc1cc(O)c(N=N)c(OCC)c1. The van der Waals surface area contributed by atoms with E-state index < -0.39 is 0 Å². The first-order valence-electron chi connectivity index (χ1n) is 4.73. The van der Waals surface area contributed by atoms with Crippen LogP contribution in [0.1, 0.15) is 13.8 Å². The zero-order valence-corrected chi connectivity index (χ0v) is 8.78. The van der Waals surface area contributed by atoms with Gasteiger partial charge in [0.2, 0.25) is 0 Å². The van der Waals surface area contributed by atoms with E-state index in [4.69, 9.17) is 15.0 Å². The van der Waals surface area contributed by atoms with Crippen molar-refractivity contribution in [3.63, 3.8) is 0 Å². The van der Waals surface area contributed by atoms with Crippen molar-refractivity contribution in [3.8, 4) is 17.2 Å². The average Bonchev–Trinajstić information content (AvgIpc) is 2.18. The molecule has 0 aliphatic heterocycles. The molecular formula is C10H14N2O3. The molecule has 0 aromatic heterocycles. The van der Waals surface area contributed by atoms with Gasteiger partial charge in [0, 0.05) is 12.1 Å². The summed E-state index contributed by atoms with van der Waals surface area (Å²) in [5, 5.41) is 12.8. The van der Waals surface area contributed by atoms with Crippen molar-refractivity contribution < 1.29 is 14.6 Å². The Morgan fingerprint density at radius 3 is 2.47 bits per heavy atom. The molecule has 0 heterocycles. The Bertz CT molecular complexity index is 353. The summed E-state index contributed by atoms with van der Waals surface area (Å²) >= 11 is 0. The number of phenols is 1. The van der Waals surface area contributed by atoms with Crippen LogP contribution in [0.25, 0.3) is 0 Å². The van der Waals surface area contributed by atoms with E-state index in [0.29, 0.717) is 24.7 Å². The second-order valence-electron chi connectivity index (χ2n) is 2.77. The largest absolute Gasteiger partial charge is 0.505 e. The lowest BCUT2D eigenvalue weighted by Gasteiger charge is -2.10. The number of ether oxygens (including phenoxy) is 2. The molecule has 82 valence electrons. The Kier molecular flexibility index (Phi) is 3.91. The number of nitrogens with one attached hydrogen (secondary N) is 1. The molecule has 0 unspecified atom stereocenters. The van der Waals surface area contributed by atoms with Crippen LogP contribution in [-0.4, -0.2) is 18.3 Å². The molecule has 0 bridgehead atoms. The molecular weight excluding hydrogens is 196 g/mol. The fourth-order valence-electron chi connectivity index (χ4n) is 1.20. The Hall–Kier alpha value is -1.78. The van der Waals surface area contributed by atoms with Crippen molar-refractivity contribution in [3.05, 3.63) is 12.1 Å². The van der Waals surface area contributed by atoms with Gasteiger partial charge < -0.3 is 14.6 Å². The molecule has 0 spiro atoms. The number of aromatic hydroxyl groups is 1. The standard InChI is InChI=1S/C10H14N2O3/c1-3-14-7-5-8(13)10(12-11)9(6-7)15-4-2/h5-6,11,13H,3-4H2,1-2H3. The van der Waals surface area contributed by atoms with Gasteiger partial charge in [0.05, 0.1) is 13.2 Å². The third-order valence-corrected chi connectivity index (χ3v) is 1.75. The smallest absolute Gasteiger partial charge is 0.169 e. The maximum Gasteiger partial charge on any atom is 0.169 e. The second kappa shape index (κ2) is 5.19. The van der Waals surface area contributed by atoms with E-state index in [0.717, 1.165) is 0 Å². The highest BCUT2D eigenvalue weighted by Gasteiger charge is 2.11. The predicted octanol–water partition coefficient (Wildman–Crippen LogP) is 2.85. The van der Waals surface area contributed by atoms with E-state index in [9.17, 15) is 5.11 Å². The molecule has 0 saturated heterocycles. The molecule has 5 heteroatoms. The van der Waals surface area contributed by atoms with E-state index in [1.807, 2.05) is 13.8 Å². The molecule has 15 heavy (non-hydrogen) atoms. The Labute approximate surface area is 88.1 Å². The van der Waals surface area contributed by atoms with Gasteiger partial charge in [-0.1, -0.05) is 0 Å². The van der Waals surface area contributed by atoms with Crippen LogP contribution in [0.15, 0.2) is 17.2 Å². The molecule has 1 aromatic rings. The van der Waals surface area contributed by atoms with E-state index in [1.54, 1.807) is 6.07 Å². The van der Waals surface area contributed by atoms with E-state index >= 15 is 0 Å². The van der Waals surface area contributed by atoms with Crippen LogP contribution in [0.4, 0.5) is 5.69 Å². The molecule has 1 rings (SSSR count). The van der Waals surface area contributed by atoms with E-state index in [1.165, 1.54) is 6.07 Å². The Morgan fingerprint density at radius 1 is 1.27 bits per heavy atom. The van der Waals surface area contributed by atoms with Crippen molar-refractivity contribution in [2.75, 3.05) is 13.2 Å². The number of hydrogen-bond donors (Lipinski definition) is 2. The van der Waals surface area contributed by atoms with Gasteiger partial charge in [-0.05, 0) is 13.8 Å². The third-order valence-electron chi connectivity index (χ3n) is 1.75. The van der Waals surface area contributed by atoms with E-state index in [2.05, 4.69) is 5.11 Å². The van der Waals surface area contributed by atoms with Crippen LogP contribution >= 0.6 is 0 Å². The van der Waals surface area contributed by atoms with Gasteiger partial charge in [0.1, 0.15) is 5.75 Å². The minimum absolute atomic E-state index is 0.112. The predicted molar refractivity (Wildman–Crippen MR) is 55.3 cm³/mol. The van der Waals surface area contributed by atoms with Gasteiger partial charge in [-0.3, -0.25) is 0 Å². The zero-order chi connectivity index (χ0) is 11.3. The van der Waals surface area contributed by atoms with Crippen molar-refractivity contribution in [2.45, 2.75) is 13.8 Å². The van der Waals surface area contributed by atoms with Crippen molar-refractivity contribution in [1.82, 2.24) is 0 Å². The molecule has 0 radical (unpaired) electrons. The first kappa shape index (κ1) is 11.3. The number of nitrogens with zero attached hydrogens (tertiary/aromatic N) is 1. The topological polar surface area (TPSA) is 74.9 Å². The summed E-state index contributed by atoms with van der Waals surface area (Å²) in [5.74, 6) is 0.751. The summed E-state index contributed by atoms with van der Waals surface area (Å²) in [6, 6.07) is 3.03. The fraction of sp³-hybridized carbons (Fsp3) is 0.400. The van der Waals surface area contributed by atoms with Crippen LogP contribution in [0.2, 0.25) is 0 Å². The fourth-order valence-corrected chi connectivity index (χ4v) is 1.20. The lowest BCUT2D eigenvalue weighted by Crippen LogP contribution is -1.95. The molecule has 0 aliphatic carbocycles. The maximum absolute atomic E-state index is 9.55. The molecule has 0 saturated carbocycles. The minimum Gasteiger partial charge on any atom is -0.505 e. The lowest BCUT2D eigenvalue weighted by molar-refractivity contribution is 0.320. The highest BCUT2D eigenvalue weighted by molar-refractivity contribution is 5.64. The molecule has 1 aromatic carbocycles. The summed E-state index contributed by atoms with van der Waals surface area (Å²) in [5.41, 5.74) is 7.05. The Morgan fingerprint density at radius 2 is 1.93 bits per heavy atom. The number of hydrogen-bond acceptors (Lipinski definition) is 5. The summed E-state index contributed by atoms with van der Waals surface area (Å²) < 4.78 is 10.5. The maximum atomic E-state index is 9.55. The zero-order valence-electron chi connectivity index (χ0n) is 8.78. The van der Waals surface area contributed by atoms with Crippen molar-refractivity contribution in [2.24, 2.45) is 5.11 Å². The summed E-state index contributed by atoms with van der Waals surface area (Å²) in [4.78, 5) is 0. The monoisotopic (exact) mass is 210 g/mol. The number of phenolic OH excluding ortho intramolecular Hbond substituents is 1. The lowest BCUT2D eigenvalue weighted by atomic mass is 10.2. The van der Waals surface area contributed by atoms with Gasteiger partial charge in [-0.2, -0.15) is 5.11 Å². The number of benzene rings is 1. The van der Waals surface area contributed by atoms with Gasteiger partial charge in [0.25, 0.3) is 0 Å². The Balaban J connectivity index is 3.12. The molecule has 2 N–H and O–H groups in total. The van der Waals surface area contributed by atoms with Crippen LogP contribution < -0.4 is 9.47 Å². The summed E-state index contributed by atoms with van der Waals surface area (Å²) in [6.07, 6.45) is 0. The van der Waals surface area contributed by atoms with Gasteiger partial charge in [-0.15, -0.1) is 0 Å². The highest BCUT2D eigenvalue weighted by atomic mass is 16.5. The molecule has 0 aliphatic rings. The van der Waals surface area contributed by atoms with E-state index in [-0.39, 0.29) is 11.4 Å². The quantitative estimate of drug-likeness (QED) is 0.734.